The number of hydrogen-bond acceptors (Lipinski definition) is 3. The lowest BCUT2D eigenvalue weighted by atomic mass is 10.5. The van der Waals surface area contributed by atoms with Gasteiger partial charge in [0, 0.05) is 6.21 Å². The maximum atomic E-state index is 10.0. The van der Waals surface area contributed by atoms with Crippen LogP contribution in [0.5, 0.6) is 0 Å². The highest BCUT2D eigenvalue weighted by Gasteiger charge is 1.87. The lowest BCUT2D eigenvalue weighted by molar-refractivity contribution is -0.116. The molecule has 0 fully saturated rings. The van der Waals surface area contributed by atoms with Crippen molar-refractivity contribution in [2.45, 2.75) is 6.42 Å². The minimum Gasteiger partial charge on any atom is -0.369 e. The third-order valence-electron chi connectivity index (χ3n) is 0.559. The fraction of sp³-hybridized carbons (Fsp3) is 0.250. The molecule has 0 aromatic heterocycles. The van der Waals surface area contributed by atoms with Crippen LogP contribution in [0.4, 0.5) is 4.79 Å². The van der Waals surface area contributed by atoms with Crippen molar-refractivity contribution < 1.29 is 9.59 Å². The van der Waals surface area contributed by atoms with E-state index in [4.69, 9.17) is 5.73 Å². The summed E-state index contributed by atoms with van der Waals surface area (Å²) in [7, 11) is 0. The Balaban J connectivity index is 3.38. The molecule has 56 valence electrons. The molecule has 0 bridgehead atoms. The zero-order valence-electron chi connectivity index (χ0n) is 5.20. The molecule has 0 rings (SSSR count). The summed E-state index contributed by atoms with van der Waals surface area (Å²) in [4.78, 5) is 20.0. The number of rotatable bonds is 3. The standard InChI is InChI=1S/C4H8N4O2/c5-3(9)1-2-7-8-4(6)10/h2H,1H2,(H2,5,9)(H3,6,8,10). The van der Waals surface area contributed by atoms with Crippen LogP contribution in [-0.4, -0.2) is 18.2 Å². The fourth-order valence-corrected chi connectivity index (χ4v) is 0.245. The monoisotopic (exact) mass is 144 g/mol. The second-order valence-corrected chi connectivity index (χ2v) is 1.46. The molecule has 5 N–H and O–H groups in total. The van der Waals surface area contributed by atoms with Gasteiger partial charge in [-0.25, -0.2) is 10.2 Å². The molecule has 0 aliphatic heterocycles. The quantitative estimate of drug-likeness (QED) is 0.331. The van der Waals surface area contributed by atoms with Crippen LogP contribution >= 0.6 is 0 Å². The van der Waals surface area contributed by atoms with E-state index in [0.29, 0.717) is 0 Å². The first-order chi connectivity index (χ1) is 4.63. The molecule has 0 radical (unpaired) electrons. The van der Waals surface area contributed by atoms with Crippen molar-refractivity contribution in [2.75, 3.05) is 0 Å². The topological polar surface area (TPSA) is 111 Å². The Bertz CT molecular complexity index is 147. The van der Waals surface area contributed by atoms with Crippen molar-refractivity contribution in [1.82, 2.24) is 5.43 Å². The number of hydrogen-bond donors (Lipinski definition) is 3. The summed E-state index contributed by atoms with van der Waals surface area (Å²) in [6.45, 7) is 0. The predicted octanol–water partition coefficient (Wildman–Crippen LogP) is -1.48. The van der Waals surface area contributed by atoms with Crippen molar-refractivity contribution in [2.24, 2.45) is 16.6 Å². The summed E-state index contributed by atoms with van der Waals surface area (Å²) in [5.41, 5.74) is 11.3. The average Bonchev–Trinajstić information content (AvgIpc) is 1.79. The Labute approximate surface area is 57.3 Å². The second-order valence-electron chi connectivity index (χ2n) is 1.46. The smallest absolute Gasteiger partial charge is 0.332 e. The number of nitrogens with zero attached hydrogens (tertiary/aromatic N) is 1. The molecule has 6 heteroatoms. The minimum absolute atomic E-state index is 0.0136. The normalized spacial score (nSPS) is 9.60. The average molecular weight is 144 g/mol. The van der Waals surface area contributed by atoms with Gasteiger partial charge in [-0.2, -0.15) is 5.10 Å². The largest absolute Gasteiger partial charge is 0.369 e. The Morgan fingerprint density at radius 2 is 2.10 bits per heavy atom. The van der Waals surface area contributed by atoms with Crippen LogP contribution in [0.3, 0.4) is 0 Å². The number of carbonyl (C=O) groups is 2. The zero-order valence-corrected chi connectivity index (χ0v) is 5.20. The van der Waals surface area contributed by atoms with Crippen LogP contribution in [0.25, 0.3) is 0 Å². The molecule has 0 unspecified atom stereocenters. The molecule has 0 aliphatic rings. The summed E-state index contributed by atoms with van der Waals surface area (Å²) >= 11 is 0. The van der Waals surface area contributed by atoms with Gasteiger partial charge in [0.1, 0.15) is 0 Å². The molecule has 6 nitrogen and oxygen atoms in total. The fourth-order valence-electron chi connectivity index (χ4n) is 0.245. The van der Waals surface area contributed by atoms with Gasteiger partial charge in [-0.15, -0.1) is 0 Å². The number of amides is 3. The van der Waals surface area contributed by atoms with Crippen molar-refractivity contribution in [3.63, 3.8) is 0 Å². The van der Waals surface area contributed by atoms with Crippen molar-refractivity contribution >= 4 is 18.2 Å². The zero-order chi connectivity index (χ0) is 7.98. The molecule has 0 spiro atoms. The van der Waals surface area contributed by atoms with E-state index in [1.54, 1.807) is 0 Å². The first-order valence-corrected chi connectivity index (χ1v) is 2.48. The van der Waals surface area contributed by atoms with Crippen molar-refractivity contribution in [1.29, 1.82) is 0 Å². The highest BCUT2D eigenvalue weighted by molar-refractivity contribution is 5.88. The Morgan fingerprint density at radius 1 is 1.50 bits per heavy atom. The molecule has 0 saturated heterocycles. The van der Waals surface area contributed by atoms with Gasteiger partial charge >= 0.3 is 6.03 Å². The minimum atomic E-state index is -0.777. The van der Waals surface area contributed by atoms with Crippen LogP contribution in [0.2, 0.25) is 0 Å². The summed E-state index contributed by atoms with van der Waals surface area (Å²) in [5.74, 6) is -0.518. The number of urea groups is 1. The third kappa shape index (κ3) is 6.41. The van der Waals surface area contributed by atoms with Gasteiger partial charge < -0.3 is 11.5 Å². The highest BCUT2D eigenvalue weighted by Crippen LogP contribution is 1.67. The van der Waals surface area contributed by atoms with E-state index in [1.807, 2.05) is 5.43 Å². The summed E-state index contributed by atoms with van der Waals surface area (Å²) < 4.78 is 0. The van der Waals surface area contributed by atoms with Gasteiger partial charge in [0.05, 0.1) is 6.42 Å². The van der Waals surface area contributed by atoms with Gasteiger partial charge in [0.25, 0.3) is 0 Å². The maximum absolute atomic E-state index is 10.0. The number of carbonyl (C=O) groups excluding carboxylic acids is 2. The van der Waals surface area contributed by atoms with Crippen LogP contribution in [0, 0.1) is 0 Å². The Kier molecular flexibility index (Phi) is 3.62. The SMILES string of the molecule is NC(=O)CC=NNC(N)=O. The van der Waals surface area contributed by atoms with Gasteiger partial charge in [-0.05, 0) is 0 Å². The van der Waals surface area contributed by atoms with Crippen LogP contribution < -0.4 is 16.9 Å². The molecule has 0 aromatic rings. The predicted molar refractivity (Wildman–Crippen MR) is 35.0 cm³/mol. The number of primary amides is 2. The van der Waals surface area contributed by atoms with Gasteiger partial charge in [-0.1, -0.05) is 0 Å². The van der Waals surface area contributed by atoms with Gasteiger partial charge in [0.2, 0.25) is 5.91 Å². The Morgan fingerprint density at radius 3 is 2.50 bits per heavy atom. The number of nitrogens with one attached hydrogen (secondary N) is 1. The summed E-state index contributed by atoms with van der Waals surface area (Å²) in [6.07, 6.45) is 1.15. The van der Waals surface area contributed by atoms with Crippen LogP contribution in [-0.2, 0) is 4.79 Å². The van der Waals surface area contributed by atoms with Crippen LogP contribution in [0.15, 0.2) is 5.10 Å². The van der Waals surface area contributed by atoms with E-state index in [-0.39, 0.29) is 6.42 Å². The lowest BCUT2D eigenvalue weighted by Gasteiger charge is -1.88. The molecule has 0 aliphatic carbocycles. The first kappa shape index (κ1) is 8.41. The molecule has 0 saturated carbocycles. The summed E-state index contributed by atoms with van der Waals surface area (Å²) in [6, 6.07) is -0.777. The van der Waals surface area contributed by atoms with E-state index < -0.39 is 11.9 Å². The molecule has 0 heterocycles. The van der Waals surface area contributed by atoms with Gasteiger partial charge in [0.15, 0.2) is 0 Å². The molecule has 0 atom stereocenters. The van der Waals surface area contributed by atoms with Crippen molar-refractivity contribution in [3.05, 3.63) is 0 Å². The van der Waals surface area contributed by atoms with E-state index in [1.165, 1.54) is 0 Å². The molecule has 3 amide bonds. The number of nitrogens with two attached hydrogens (primary N) is 2. The van der Waals surface area contributed by atoms with Crippen molar-refractivity contribution in [3.8, 4) is 0 Å². The van der Waals surface area contributed by atoms with Gasteiger partial charge in [-0.3, -0.25) is 4.79 Å². The van der Waals surface area contributed by atoms with E-state index in [0.717, 1.165) is 6.21 Å². The second kappa shape index (κ2) is 4.30. The Hall–Kier alpha value is -1.59. The van der Waals surface area contributed by atoms with Crippen LogP contribution in [0.1, 0.15) is 6.42 Å². The maximum Gasteiger partial charge on any atom is 0.332 e. The first-order valence-electron chi connectivity index (χ1n) is 2.48. The molecular formula is C4H8N4O2. The number of hydrazone groups is 1. The molecule has 10 heavy (non-hydrogen) atoms. The van der Waals surface area contributed by atoms with E-state index in [2.05, 4.69) is 10.8 Å². The van der Waals surface area contributed by atoms with E-state index >= 15 is 0 Å². The summed E-state index contributed by atoms with van der Waals surface area (Å²) in [5, 5.41) is 3.26. The molecule has 0 aromatic carbocycles. The van der Waals surface area contributed by atoms with E-state index in [9.17, 15) is 9.59 Å². The highest BCUT2D eigenvalue weighted by atomic mass is 16.2. The third-order valence-corrected chi connectivity index (χ3v) is 0.559. The lowest BCUT2D eigenvalue weighted by Crippen LogP contribution is -2.24. The molecular weight excluding hydrogens is 136 g/mol.